The summed E-state index contributed by atoms with van der Waals surface area (Å²) in [7, 11) is 0. The number of primary amides is 1. The van der Waals surface area contributed by atoms with Crippen molar-refractivity contribution in [2.24, 2.45) is 11.5 Å². The summed E-state index contributed by atoms with van der Waals surface area (Å²) in [6.45, 7) is -0.250. The lowest BCUT2D eigenvalue weighted by atomic mass is 9.91. The highest BCUT2D eigenvalue weighted by Gasteiger charge is 2.23. The molecule has 1 amide bonds. The molecule has 0 saturated heterocycles. The van der Waals surface area contributed by atoms with Crippen molar-refractivity contribution < 1.29 is 14.7 Å². The zero-order chi connectivity index (χ0) is 21.5. The maximum absolute atomic E-state index is 11.7. The number of carboxylic acid groups (broad SMARTS) is 1. The van der Waals surface area contributed by atoms with Gasteiger partial charge in [0.25, 0.3) is 12.4 Å². The van der Waals surface area contributed by atoms with E-state index in [2.05, 4.69) is 30.8 Å². The molecule has 1 aliphatic carbocycles. The summed E-state index contributed by atoms with van der Waals surface area (Å²) in [5, 5.41) is 21.2. The van der Waals surface area contributed by atoms with Crippen LogP contribution in [-0.4, -0.2) is 49.7 Å². The van der Waals surface area contributed by atoms with Crippen LogP contribution in [-0.2, 0) is 4.79 Å². The Labute approximate surface area is 175 Å². The molecule has 158 valence electrons. The standard InChI is InChI=1S/C17H20N8OS.CH2O2/c18-10-3-1-2-4-11(10)22-17-23-16(14(15(19)26)24-25-17)21-9-5-6-12-13(7-9)27-8-20-12;2-1-3/h5-8,10-11H,1-4,18H2,(H2,19,26)(H2,21,22,23,25);1H,(H,2,3)/t10-,11+;/m0./s1. The monoisotopic (exact) mass is 430 g/mol. The second kappa shape index (κ2) is 9.89. The molecular formula is C18H22N8O3S. The lowest BCUT2D eigenvalue weighted by molar-refractivity contribution is -0.122. The maximum Gasteiger partial charge on any atom is 0.290 e. The number of carbonyl (C=O) groups is 2. The first-order chi connectivity index (χ1) is 14.5. The Balaban J connectivity index is 0.000000806. The largest absolute Gasteiger partial charge is 0.483 e. The van der Waals surface area contributed by atoms with E-state index in [-0.39, 0.29) is 30.1 Å². The molecule has 0 unspecified atom stereocenters. The van der Waals surface area contributed by atoms with Crippen molar-refractivity contribution in [2.45, 2.75) is 37.8 Å². The molecular weight excluding hydrogens is 408 g/mol. The molecule has 30 heavy (non-hydrogen) atoms. The van der Waals surface area contributed by atoms with Gasteiger partial charge in [0.05, 0.1) is 15.7 Å². The van der Waals surface area contributed by atoms with Crippen LogP contribution in [0, 0.1) is 0 Å². The van der Waals surface area contributed by atoms with Gasteiger partial charge in [0.2, 0.25) is 5.95 Å². The lowest BCUT2D eigenvalue weighted by Gasteiger charge is -2.29. The quantitative estimate of drug-likeness (QED) is 0.373. The predicted octanol–water partition coefficient (Wildman–Crippen LogP) is 1.71. The molecule has 1 aromatic carbocycles. The Morgan fingerprint density at radius 2 is 2.03 bits per heavy atom. The van der Waals surface area contributed by atoms with Gasteiger partial charge in [-0.25, -0.2) is 4.98 Å². The number of aromatic nitrogens is 4. The van der Waals surface area contributed by atoms with Crippen molar-refractivity contribution in [1.29, 1.82) is 0 Å². The van der Waals surface area contributed by atoms with Crippen molar-refractivity contribution in [3.63, 3.8) is 0 Å². The number of thiazole rings is 1. The molecule has 12 heteroatoms. The zero-order valence-electron chi connectivity index (χ0n) is 16.0. The van der Waals surface area contributed by atoms with Gasteiger partial charge < -0.3 is 27.2 Å². The number of nitrogens with one attached hydrogen (secondary N) is 2. The molecule has 1 fully saturated rings. The third-order valence-corrected chi connectivity index (χ3v) is 5.44. The van der Waals surface area contributed by atoms with E-state index < -0.39 is 5.91 Å². The zero-order valence-corrected chi connectivity index (χ0v) is 16.8. The summed E-state index contributed by atoms with van der Waals surface area (Å²) in [5.74, 6) is -0.116. The molecule has 1 aliphatic rings. The molecule has 0 radical (unpaired) electrons. The minimum absolute atomic E-state index is 0.0158. The molecule has 3 aromatic rings. The molecule has 0 aliphatic heterocycles. The number of hydrogen-bond donors (Lipinski definition) is 5. The van der Waals surface area contributed by atoms with Gasteiger partial charge >= 0.3 is 0 Å². The number of carbonyl (C=O) groups excluding carboxylic acids is 1. The third-order valence-electron chi connectivity index (χ3n) is 4.65. The normalized spacial score (nSPS) is 18.2. The highest BCUT2D eigenvalue weighted by atomic mass is 32.1. The highest BCUT2D eigenvalue weighted by molar-refractivity contribution is 7.16. The van der Waals surface area contributed by atoms with E-state index in [9.17, 15) is 4.79 Å². The van der Waals surface area contributed by atoms with Crippen molar-refractivity contribution in [3.8, 4) is 0 Å². The highest BCUT2D eigenvalue weighted by Crippen LogP contribution is 2.25. The molecule has 4 rings (SSSR count). The summed E-state index contributed by atoms with van der Waals surface area (Å²) >= 11 is 1.53. The number of amides is 1. The van der Waals surface area contributed by atoms with Crippen LogP contribution < -0.4 is 22.1 Å². The molecule has 0 bridgehead atoms. The van der Waals surface area contributed by atoms with E-state index >= 15 is 0 Å². The number of nitrogens with two attached hydrogens (primary N) is 2. The Bertz CT molecular complexity index is 1030. The van der Waals surface area contributed by atoms with Crippen LogP contribution in [0.25, 0.3) is 10.2 Å². The first kappa shape index (κ1) is 21.3. The average molecular weight is 430 g/mol. The van der Waals surface area contributed by atoms with Crippen LogP contribution in [0.4, 0.5) is 17.5 Å². The number of anilines is 3. The fourth-order valence-electron chi connectivity index (χ4n) is 3.21. The predicted molar refractivity (Wildman–Crippen MR) is 114 cm³/mol. The molecule has 1 saturated carbocycles. The van der Waals surface area contributed by atoms with E-state index in [1.54, 1.807) is 5.51 Å². The van der Waals surface area contributed by atoms with Gasteiger partial charge in [-0.15, -0.1) is 21.5 Å². The molecule has 11 nitrogen and oxygen atoms in total. The van der Waals surface area contributed by atoms with Crippen molar-refractivity contribution in [1.82, 2.24) is 20.2 Å². The number of fused-ring (bicyclic) bond motifs is 1. The van der Waals surface area contributed by atoms with Gasteiger partial charge in [0.1, 0.15) is 0 Å². The van der Waals surface area contributed by atoms with Crippen LogP contribution in [0.15, 0.2) is 23.7 Å². The van der Waals surface area contributed by atoms with Crippen molar-refractivity contribution in [2.75, 3.05) is 10.6 Å². The Kier molecular flexibility index (Phi) is 7.03. The summed E-state index contributed by atoms with van der Waals surface area (Å²) in [5.41, 5.74) is 15.0. The van der Waals surface area contributed by atoms with Crippen LogP contribution in [0.2, 0.25) is 0 Å². The van der Waals surface area contributed by atoms with Gasteiger partial charge in [-0.1, -0.05) is 12.8 Å². The Morgan fingerprint density at radius 1 is 1.27 bits per heavy atom. The number of benzene rings is 1. The average Bonchev–Trinajstić information content (AvgIpc) is 3.18. The van der Waals surface area contributed by atoms with E-state index in [1.807, 2.05) is 18.2 Å². The van der Waals surface area contributed by atoms with Gasteiger partial charge in [0.15, 0.2) is 11.5 Å². The van der Waals surface area contributed by atoms with Crippen molar-refractivity contribution in [3.05, 3.63) is 29.4 Å². The second-order valence-electron chi connectivity index (χ2n) is 6.66. The van der Waals surface area contributed by atoms with Gasteiger partial charge in [-0.2, -0.15) is 4.98 Å². The fourth-order valence-corrected chi connectivity index (χ4v) is 3.93. The van der Waals surface area contributed by atoms with Crippen LogP contribution in [0.3, 0.4) is 0 Å². The number of rotatable bonds is 5. The SMILES string of the molecule is NC(=O)c1nnc(N[C@@H]2CCCC[C@@H]2N)nc1Nc1ccc2ncsc2c1.O=CO. The van der Waals surface area contributed by atoms with Gasteiger partial charge in [0, 0.05) is 17.8 Å². The Morgan fingerprint density at radius 3 is 2.77 bits per heavy atom. The Hall–Kier alpha value is -3.38. The van der Waals surface area contributed by atoms with E-state index in [4.69, 9.17) is 21.4 Å². The van der Waals surface area contributed by atoms with E-state index in [0.717, 1.165) is 41.6 Å². The lowest BCUT2D eigenvalue weighted by Crippen LogP contribution is -2.43. The first-order valence-electron chi connectivity index (χ1n) is 9.26. The minimum atomic E-state index is -0.697. The topological polar surface area (TPSA) is 182 Å². The van der Waals surface area contributed by atoms with Gasteiger partial charge in [-0.05, 0) is 31.0 Å². The number of nitrogens with zero attached hydrogens (tertiary/aromatic N) is 4. The summed E-state index contributed by atoms with van der Waals surface area (Å²) in [6, 6.07) is 5.82. The van der Waals surface area contributed by atoms with Crippen molar-refractivity contribution >= 4 is 51.4 Å². The molecule has 2 aromatic heterocycles. The second-order valence-corrected chi connectivity index (χ2v) is 7.55. The van der Waals surface area contributed by atoms with Crippen LogP contribution in [0.5, 0.6) is 0 Å². The fraction of sp³-hybridized carbons (Fsp3) is 0.333. The van der Waals surface area contributed by atoms with Crippen LogP contribution >= 0.6 is 11.3 Å². The summed E-state index contributed by atoms with van der Waals surface area (Å²) in [6.07, 6.45) is 4.15. The first-order valence-corrected chi connectivity index (χ1v) is 10.1. The summed E-state index contributed by atoms with van der Waals surface area (Å²) in [4.78, 5) is 28.8. The van der Waals surface area contributed by atoms with E-state index in [0.29, 0.717) is 5.95 Å². The third kappa shape index (κ3) is 5.15. The molecule has 7 N–H and O–H groups in total. The molecule has 2 atom stereocenters. The number of hydrogen-bond acceptors (Lipinski definition) is 10. The maximum atomic E-state index is 11.7. The van der Waals surface area contributed by atoms with E-state index in [1.165, 1.54) is 11.3 Å². The smallest absolute Gasteiger partial charge is 0.290 e. The summed E-state index contributed by atoms with van der Waals surface area (Å²) < 4.78 is 1.02. The minimum Gasteiger partial charge on any atom is -0.483 e. The van der Waals surface area contributed by atoms with Gasteiger partial charge in [-0.3, -0.25) is 9.59 Å². The molecule has 2 heterocycles. The molecule has 0 spiro atoms. The van der Waals surface area contributed by atoms with Crippen LogP contribution in [0.1, 0.15) is 36.2 Å².